The third kappa shape index (κ3) is 2.71. The summed E-state index contributed by atoms with van der Waals surface area (Å²) >= 11 is 0. The minimum Gasteiger partial charge on any atom is -0.327 e. The summed E-state index contributed by atoms with van der Waals surface area (Å²) in [5, 5.41) is 0. The number of hydrogen-bond donors (Lipinski definition) is 1. The van der Waals surface area contributed by atoms with Gasteiger partial charge in [-0.25, -0.2) is 4.98 Å². The third-order valence-electron chi connectivity index (χ3n) is 4.66. The summed E-state index contributed by atoms with van der Waals surface area (Å²) in [7, 11) is 0. The summed E-state index contributed by atoms with van der Waals surface area (Å²) in [4.78, 5) is 4.98. The molecule has 3 heteroatoms. The highest BCUT2D eigenvalue weighted by atomic mass is 15.1. The minimum absolute atomic E-state index is 0.0253. The van der Waals surface area contributed by atoms with Gasteiger partial charge in [-0.1, -0.05) is 31.4 Å². The average Bonchev–Trinajstić information content (AvgIpc) is 2.68. The van der Waals surface area contributed by atoms with Crippen LogP contribution in [0.5, 0.6) is 0 Å². The molecule has 0 saturated heterocycles. The highest BCUT2D eigenvalue weighted by molar-refractivity contribution is 5.76. The van der Waals surface area contributed by atoms with Gasteiger partial charge in [0.15, 0.2) is 0 Å². The molecule has 1 aromatic carbocycles. The van der Waals surface area contributed by atoms with Crippen LogP contribution in [0.3, 0.4) is 0 Å². The number of aromatic nitrogens is 2. The molecule has 2 unspecified atom stereocenters. The van der Waals surface area contributed by atoms with Crippen LogP contribution in [0.25, 0.3) is 11.0 Å². The Labute approximate surface area is 127 Å². The van der Waals surface area contributed by atoms with E-state index in [0.717, 1.165) is 11.9 Å². The Hall–Kier alpha value is -1.35. The molecule has 1 fully saturated rings. The van der Waals surface area contributed by atoms with Gasteiger partial charge in [0.1, 0.15) is 5.82 Å². The van der Waals surface area contributed by atoms with E-state index in [1.54, 1.807) is 0 Å². The second-order valence-corrected chi connectivity index (χ2v) is 7.37. The normalized spacial score (nSPS) is 24.2. The third-order valence-corrected chi connectivity index (χ3v) is 4.66. The number of benzene rings is 1. The minimum atomic E-state index is 0.0253. The van der Waals surface area contributed by atoms with Crippen LogP contribution in [-0.2, 0) is 5.54 Å². The predicted molar refractivity (Wildman–Crippen MR) is 88.5 cm³/mol. The highest BCUT2D eigenvalue weighted by Crippen LogP contribution is 2.35. The quantitative estimate of drug-likeness (QED) is 0.799. The number of para-hydroxylation sites is 2. The van der Waals surface area contributed by atoms with E-state index in [-0.39, 0.29) is 11.6 Å². The molecule has 2 aromatic rings. The number of nitrogens with two attached hydrogens (primary N) is 1. The molecule has 1 aromatic heterocycles. The molecular formula is C18H27N3. The molecule has 1 heterocycles. The van der Waals surface area contributed by atoms with Crippen LogP contribution in [0, 0.1) is 0 Å². The molecule has 3 nitrogen and oxygen atoms in total. The van der Waals surface area contributed by atoms with Crippen molar-refractivity contribution in [3.8, 4) is 0 Å². The molecule has 1 aliphatic carbocycles. The maximum atomic E-state index is 6.49. The molecule has 21 heavy (non-hydrogen) atoms. The molecule has 0 amide bonds. The number of rotatable bonds is 1. The first-order chi connectivity index (χ1) is 9.98. The fraction of sp³-hybridized carbons (Fsp3) is 0.611. The van der Waals surface area contributed by atoms with Gasteiger partial charge in [-0.2, -0.15) is 0 Å². The lowest BCUT2D eigenvalue weighted by Gasteiger charge is -2.29. The first kappa shape index (κ1) is 14.6. The zero-order chi connectivity index (χ0) is 15.0. The fourth-order valence-electron chi connectivity index (χ4n) is 3.66. The second kappa shape index (κ2) is 5.45. The zero-order valence-electron chi connectivity index (χ0n) is 13.5. The topological polar surface area (TPSA) is 43.8 Å². The van der Waals surface area contributed by atoms with Gasteiger partial charge in [-0.15, -0.1) is 0 Å². The van der Waals surface area contributed by atoms with Crippen molar-refractivity contribution >= 4 is 11.0 Å². The maximum absolute atomic E-state index is 6.49. The van der Waals surface area contributed by atoms with Crippen LogP contribution in [0.15, 0.2) is 24.3 Å². The summed E-state index contributed by atoms with van der Waals surface area (Å²) in [5.41, 5.74) is 8.85. The second-order valence-electron chi connectivity index (χ2n) is 7.37. The number of hydrogen-bond acceptors (Lipinski definition) is 2. The standard InChI is InChI=1S/C18H27N3/c1-18(2,3)21-16-12-8-7-11-15(16)20-17(21)13-9-5-4-6-10-14(13)19/h7-8,11-14H,4-6,9-10,19H2,1-3H3. The first-order valence-corrected chi connectivity index (χ1v) is 8.22. The lowest BCUT2D eigenvalue weighted by Crippen LogP contribution is -2.33. The molecule has 0 aliphatic heterocycles. The van der Waals surface area contributed by atoms with Crippen molar-refractivity contribution in [2.45, 2.75) is 70.4 Å². The van der Waals surface area contributed by atoms with E-state index in [1.807, 2.05) is 0 Å². The van der Waals surface area contributed by atoms with Gasteiger partial charge >= 0.3 is 0 Å². The van der Waals surface area contributed by atoms with Crippen LogP contribution < -0.4 is 5.73 Å². The summed E-state index contributed by atoms with van der Waals surface area (Å²) in [6.07, 6.45) is 6.12. The van der Waals surface area contributed by atoms with Gasteiger partial charge in [-0.3, -0.25) is 0 Å². The molecule has 1 aliphatic rings. The average molecular weight is 285 g/mol. The molecule has 0 bridgehead atoms. The van der Waals surface area contributed by atoms with Crippen LogP contribution in [0.2, 0.25) is 0 Å². The van der Waals surface area contributed by atoms with Crippen molar-refractivity contribution in [2.75, 3.05) is 0 Å². The molecule has 2 N–H and O–H groups in total. The van der Waals surface area contributed by atoms with Crippen molar-refractivity contribution in [1.82, 2.24) is 9.55 Å². The van der Waals surface area contributed by atoms with E-state index < -0.39 is 0 Å². The van der Waals surface area contributed by atoms with Crippen LogP contribution in [-0.4, -0.2) is 15.6 Å². The maximum Gasteiger partial charge on any atom is 0.115 e. The van der Waals surface area contributed by atoms with Crippen LogP contribution >= 0.6 is 0 Å². The highest BCUT2D eigenvalue weighted by Gasteiger charge is 2.30. The van der Waals surface area contributed by atoms with Crippen molar-refractivity contribution in [3.05, 3.63) is 30.1 Å². The van der Waals surface area contributed by atoms with Crippen molar-refractivity contribution in [1.29, 1.82) is 0 Å². The van der Waals surface area contributed by atoms with Gasteiger partial charge in [-0.05, 0) is 45.7 Å². The molecule has 3 rings (SSSR count). The lowest BCUT2D eigenvalue weighted by atomic mass is 9.93. The zero-order valence-corrected chi connectivity index (χ0v) is 13.5. The number of imidazole rings is 1. The summed E-state index contributed by atoms with van der Waals surface area (Å²) in [6.45, 7) is 6.77. The predicted octanol–water partition coefficient (Wildman–Crippen LogP) is 4.17. The van der Waals surface area contributed by atoms with E-state index >= 15 is 0 Å². The SMILES string of the molecule is CC(C)(C)n1c(C2CCCCCC2N)nc2ccccc21. The van der Waals surface area contributed by atoms with Gasteiger partial charge in [0.2, 0.25) is 0 Å². The van der Waals surface area contributed by atoms with Gasteiger partial charge in [0.05, 0.1) is 11.0 Å². The Morgan fingerprint density at radius 3 is 2.57 bits per heavy atom. The van der Waals surface area contributed by atoms with E-state index in [2.05, 4.69) is 49.6 Å². The number of nitrogens with zero attached hydrogens (tertiary/aromatic N) is 2. The number of fused-ring (bicyclic) bond motifs is 1. The Kier molecular flexibility index (Phi) is 3.78. The van der Waals surface area contributed by atoms with E-state index in [1.165, 1.54) is 37.0 Å². The summed E-state index contributed by atoms with van der Waals surface area (Å²) in [6, 6.07) is 8.70. The van der Waals surface area contributed by atoms with E-state index in [4.69, 9.17) is 10.7 Å². The van der Waals surface area contributed by atoms with Gasteiger partial charge in [0.25, 0.3) is 0 Å². The molecule has 0 spiro atoms. The smallest absolute Gasteiger partial charge is 0.115 e. The molecule has 0 radical (unpaired) electrons. The van der Waals surface area contributed by atoms with E-state index in [0.29, 0.717) is 5.92 Å². The Bertz CT molecular complexity index is 621. The van der Waals surface area contributed by atoms with Gasteiger partial charge in [0, 0.05) is 17.5 Å². The Morgan fingerprint density at radius 2 is 1.81 bits per heavy atom. The molecular weight excluding hydrogens is 258 g/mol. The van der Waals surface area contributed by atoms with Crippen molar-refractivity contribution in [3.63, 3.8) is 0 Å². The van der Waals surface area contributed by atoms with Gasteiger partial charge < -0.3 is 10.3 Å². The first-order valence-electron chi connectivity index (χ1n) is 8.22. The molecule has 114 valence electrons. The fourth-order valence-corrected chi connectivity index (χ4v) is 3.66. The largest absolute Gasteiger partial charge is 0.327 e. The summed E-state index contributed by atoms with van der Waals surface area (Å²) in [5.74, 6) is 1.58. The lowest BCUT2D eigenvalue weighted by molar-refractivity contribution is 0.364. The van der Waals surface area contributed by atoms with Crippen LogP contribution in [0.4, 0.5) is 0 Å². The molecule has 1 saturated carbocycles. The Morgan fingerprint density at radius 1 is 1.10 bits per heavy atom. The van der Waals surface area contributed by atoms with E-state index in [9.17, 15) is 0 Å². The van der Waals surface area contributed by atoms with Crippen molar-refractivity contribution < 1.29 is 0 Å². The summed E-state index contributed by atoms with van der Waals surface area (Å²) < 4.78 is 2.41. The monoisotopic (exact) mass is 285 g/mol. The van der Waals surface area contributed by atoms with Crippen LogP contribution in [0.1, 0.15) is 64.6 Å². The molecule has 2 atom stereocenters. The van der Waals surface area contributed by atoms with Crippen molar-refractivity contribution in [2.24, 2.45) is 5.73 Å². The Balaban J connectivity index is 2.16.